The molecule has 0 aromatic carbocycles. The smallest absolute Gasteiger partial charge is 0.157 e. The Balaban J connectivity index is 1.54. The highest BCUT2D eigenvalue weighted by molar-refractivity contribution is 6.32. The van der Waals surface area contributed by atoms with Gasteiger partial charge in [-0.15, -0.1) is 0 Å². The van der Waals surface area contributed by atoms with Crippen LogP contribution in [0.15, 0.2) is 6.33 Å². The number of hydrogen-bond acceptors (Lipinski definition) is 5. The molecule has 1 saturated carbocycles. The first kappa shape index (κ1) is 15.8. The fourth-order valence-corrected chi connectivity index (χ4v) is 3.97. The lowest BCUT2D eigenvalue weighted by molar-refractivity contribution is 0.126. The molecule has 1 aliphatic heterocycles. The van der Waals surface area contributed by atoms with E-state index < -0.39 is 0 Å². The molecule has 1 aromatic rings. The van der Waals surface area contributed by atoms with Gasteiger partial charge in [-0.1, -0.05) is 30.9 Å². The highest BCUT2D eigenvalue weighted by atomic mass is 35.5. The average molecular weight is 324 g/mol. The van der Waals surface area contributed by atoms with Crippen molar-refractivity contribution in [3.05, 3.63) is 11.5 Å². The number of halogens is 1. The van der Waals surface area contributed by atoms with Gasteiger partial charge < -0.3 is 15.5 Å². The Bertz CT molecular complexity index is 481. The Morgan fingerprint density at radius 2 is 1.82 bits per heavy atom. The highest BCUT2D eigenvalue weighted by Crippen LogP contribution is 2.29. The van der Waals surface area contributed by atoms with Crippen LogP contribution in [0.2, 0.25) is 5.15 Å². The summed E-state index contributed by atoms with van der Waals surface area (Å²) < 4.78 is 0. The summed E-state index contributed by atoms with van der Waals surface area (Å²) in [4.78, 5) is 11.0. The average Bonchev–Trinajstić information content (AvgIpc) is 2.57. The van der Waals surface area contributed by atoms with E-state index in [0.29, 0.717) is 11.2 Å². The van der Waals surface area contributed by atoms with Crippen molar-refractivity contribution >= 4 is 23.1 Å². The first-order valence-electron chi connectivity index (χ1n) is 8.46. The minimum Gasteiger partial charge on any atom is -0.383 e. The maximum Gasteiger partial charge on any atom is 0.157 e. The minimum absolute atomic E-state index is 0.470. The predicted molar refractivity (Wildman–Crippen MR) is 91.7 cm³/mol. The van der Waals surface area contributed by atoms with E-state index in [-0.39, 0.29) is 0 Å². The van der Waals surface area contributed by atoms with Crippen LogP contribution in [0.3, 0.4) is 0 Å². The number of hydrogen-bond donors (Lipinski definition) is 2. The molecule has 0 atom stereocenters. The van der Waals surface area contributed by atoms with Crippen molar-refractivity contribution < 1.29 is 0 Å². The molecule has 0 amide bonds. The molecule has 0 radical (unpaired) electrons. The van der Waals surface area contributed by atoms with Crippen molar-refractivity contribution in [2.75, 3.05) is 30.8 Å². The maximum absolute atomic E-state index is 6.11. The van der Waals surface area contributed by atoms with Gasteiger partial charge in [-0.3, -0.25) is 0 Å². The van der Waals surface area contributed by atoms with E-state index in [4.69, 9.17) is 11.6 Å². The van der Waals surface area contributed by atoms with E-state index in [1.165, 1.54) is 64.4 Å². The van der Waals surface area contributed by atoms with Gasteiger partial charge in [-0.05, 0) is 25.7 Å². The lowest BCUT2D eigenvalue weighted by Crippen LogP contribution is -2.45. The van der Waals surface area contributed by atoms with Crippen LogP contribution in [-0.2, 0) is 0 Å². The summed E-state index contributed by atoms with van der Waals surface area (Å²) in [6.45, 7) is 2.38. The third kappa shape index (κ3) is 3.63. The van der Waals surface area contributed by atoms with Crippen LogP contribution in [0.25, 0.3) is 0 Å². The normalized spacial score (nSPS) is 21.7. The number of piperidine rings is 1. The molecule has 2 fully saturated rings. The minimum atomic E-state index is 0.470. The molecule has 5 nitrogen and oxygen atoms in total. The number of nitrogens with zero attached hydrogens (tertiary/aromatic N) is 3. The van der Waals surface area contributed by atoms with Gasteiger partial charge in [0.15, 0.2) is 11.0 Å². The van der Waals surface area contributed by atoms with Crippen molar-refractivity contribution in [3.8, 4) is 0 Å². The molecule has 0 bridgehead atoms. The van der Waals surface area contributed by atoms with Crippen LogP contribution in [0.1, 0.15) is 44.9 Å². The van der Waals surface area contributed by atoms with Crippen molar-refractivity contribution in [2.24, 2.45) is 0 Å². The second-order valence-corrected chi connectivity index (χ2v) is 6.74. The van der Waals surface area contributed by atoms with E-state index >= 15 is 0 Å². The van der Waals surface area contributed by atoms with Gasteiger partial charge in [0.2, 0.25) is 0 Å². The van der Waals surface area contributed by atoms with Crippen molar-refractivity contribution in [3.63, 3.8) is 0 Å². The molecular formula is C16H26ClN5. The quantitative estimate of drug-likeness (QED) is 0.832. The van der Waals surface area contributed by atoms with E-state index in [2.05, 4.69) is 25.5 Å². The third-order valence-electron chi connectivity index (χ3n) is 5.01. The van der Waals surface area contributed by atoms with Gasteiger partial charge in [0, 0.05) is 32.2 Å². The second-order valence-electron chi connectivity index (χ2n) is 6.38. The SMILES string of the molecule is CNc1c(Cl)ncnc1NC1CCN(C2CCCCC2)CC1. The van der Waals surface area contributed by atoms with Crippen LogP contribution in [-0.4, -0.2) is 47.1 Å². The Morgan fingerprint density at radius 3 is 2.50 bits per heavy atom. The van der Waals surface area contributed by atoms with Gasteiger partial charge in [-0.25, -0.2) is 9.97 Å². The van der Waals surface area contributed by atoms with Crippen LogP contribution < -0.4 is 10.6 Å². The predicted octanol–water partition coefficient (Wildman–Crippen LogP) is 3.38. The van der Waals surface area contributed by atoms with E-state index in [1.807, 2.05) is 7.05 Å². The summed E-state index contributed by atoms with van der Waals surface area (Å²) in [6.07, 6.45) is 10.9. The zero-order chi connectivity index (χ0) is 15.4. The number of nitrogens with one attached hydrogen (secondary N) is 2. The lowest BCUT2D eigenvalue weighted by atomic mass is 9.92. The van der Waals surface area contributed by atoms with Crippen LogP contribution in [0, 0.1) is 0 Å². The van der Waals surface area contributed by atoms with E-state index in [9.17, 15) is 0 Å². The standard InChI is InChI=1S/C16H26ClN5/c1-18-14-15(17)19-11-20-16(14)21-12-7-9-22(10-8-12)13-5-3-2-4-6-13/h11-13,18H,2-10H2,1H3,(H,19,20,21). The largest absolute Gasteiger partial charge is 0.383 e. The lowest BCUT2D eigenvalue weighted by Gasteiger charge is -2.39. The molecule has 1 aliphatic carbocycles. The summed E-state index contributed by atoms with van der Waals surface area (Å²) >= 11 is 6.11. The Morgan fingerprint density at radius 1 is 1.09 bits per heavy atom. The molecule has 1 aromatic heterocycles. The van der Waals surface area contributed by atoms with Gasteiger partial charge >= 0.3 is 0 Å². The van der Waals surface area contributed by atoms with Crippen molar-refractivity contribution in [2.45, 2.75) is 57.0 Å². The van der Waals surface area contributed by atoms with E-state index in [0.717, 1.165) is 17.5 Å². The van der Waals surface area contributed by atoms with Gasteiger partial charge in [0.1, 0.15) is 12.0 Å². The molecule has 2 aliphatic rings. The Labute approximate surface area is 137 Å². The van der Waals surface area contributed by atoms with Gasteiger partial charge in [0.05, 0.1) is 0 Å². The van der Waals surface area contributed by atoms with Crippen molar-refractivity contribution in [1.82, 2.24) is 14.9 Å². The van der Waals surface area contributed by atoms with Crippen molar-refractivity contribution in [1.29, 1.82) is 0 Å². The summed E-state index contributed by atoms with van der Waals surface area (Å²) in [5.74, 6) is 0.818. The number of rotatable bonds is 4. The summed E-state index contributed by atoms with van der Waals surface area (Å²) in [5.41, 5.74) is 0.791. The highest BCUT2D eigenvalue weighted by Gasteiger charge is 2.26. The van der Waals surface area contributed by atoms with Gasteiger partial charge in [0.25, 0.3) is 0 Å². The molecule has 1 saturated heterocycles. The molecule has 22 heavy (non-hydrogen) atoms. The molecule has 0 unspecified atom stereocenters. The molecular weight excluding hydrogens is 298 g/mol. The number of anilines is 2. The summed E-state index contributed by atoms with van der Waals surface area (Å²) in [7, 11) is 1.85. The summed E-state index contributed by atoms with van der Waals surface area (Å²) in [6, 6.07) is 1.30. The molecule has 6 heteroatoms. The molecule has 2 heterocycles. The van der Waals surface area contributed by atoms with Crippen LogP contribution >= 0.6 is 11.6 Å². The van der Waals surface area contributed by atoms with Crippen LogP contribution in [0.5, 0.6) is 0 Å². The molecule has 0 spiro atoms. The first-order valence-corrected chi connectivity index (χ1v) is 8.84. The van der Waals surface area contributed by atoms with Crippen LogP contribution in [0.4, 0.5) is 11.5 Å². The second kappa shape index (κ2) is 7.47. The third-order valence-corrected chi connectivity index (χ3v) is 5.30. The van der Waals surface area contributed by atoms with E-state index in [1.54, 1.807) is 0 Å². The molecule has 2 N–H and O–H groups in total. The summed E-state index contributed by atoms with van der Waals surface area (Å²) in [5, 5.41) is 7.10. The monoisotopic (exact) mass is 323 g/mol. The fraction of sp³-hybridized carbons (Fsp3) is 0.750. The fourth-order valence-electron chi connectivity index (χ4n) is 3.74. The molecule has 122 valence electrons. The molecule has 3 rings (SSSR count). The zero-order valence-corrected chi connectivity index (χ0v) is 14.1. The topological polar surface area (TPSA) is 53.1 Å². The maximum atomic E-state index is 6.11. The number of likely N-dealkylation sites (tertiary alicyclic amines) is 1. The number of aromatic nitrogens is 2. The Hall–Kier alpha value is -1.07. The van der Waals surface area contributed by atoms with Gasteiger partial charge in [-0.2, -0.15) is 0 Å². The Kier molecular flexibility index (Phi) is 5.37. The first-order chi connectivity index (χ1) is 10.8. The zero-order valence-electron chi connectivity index (χ0n) is 13.3.